The third-order valence-electron chi connectivity index (χ3n) is 4.13. The predicted molar refractivity (Wildman–Crippen MR) is 88.6 cm³/mol. The summed E-state index contributed by atoms with van der Waals surface area (Å²) in [5, 5.41) is 8.83. The van der Waals surface area contributed by atoms with Gasteiger partial charge in [0, 0.05) is 25.8 Å². The summed E-state index contributed by atoms with van der Waals surface area (Å²) >= 11 is 0. The lowest BCUT2D eigenvalue weighted by atomic mass is 10.2. The second-order valence-electron chi connectivity index (χ2n) is 5.93. The number of hydrogen-bond donors (Lipinski definition) is 0. The van der Waals surface area contributed by atoms with E-state index in [1.54, 1.807) is 12.7 Å². The van der Waals surface area contributed by atoms with Crippen LogP contribution < -0.4 is 0 Å². The zero-order valence-corrected chi connectivity index (χ0v) is 13.4. The van der Waals surface area contributed by atoms with Crippen molar-refractivity contribution in [2.75, 3.05) is 19.7 Å². The monoisotopic (exact) mass is 324 g/mol. The Labute approximate surface area is 140 Å². The van der Waals surface area contributed by atoms with E-state index in [0.29, 0.717) is 0 Å². The summed E-state index contributed by atoms with van der Waals surface area (Å²) in [6.45, 7) is 4.09. The molecule has 3 heterocycles. The van der Waals surface area contributed by atoms with Crippen molar-refractivity contribution in [1.82, 2.24) is 29.4 Å². The van der Waals surface area contributed by atoms with Gasteiger partial charge in [0.2, 0.25) is 0 Å². The van der Waals surface area contributed by atoms with Gasteiger partial charge in [-0.15, -0.1) is 0 Å². The van der Waals surface area contributed by atoms with Crippen LogP contribution in [0.4, 0.5) is 0 Å². The van der Waals surface area contributed by atoms with Gasteiger partial charge < -0.3 is 4.74 Å². The molecule has 0 aliphatic carbocycles. The molecule has 0 spiro atoms. The minimum atomic E-state index is 0.136. The van der Waals surface area contributed by atoms with Gasteiger partial charge in [-0.1, -0.05) is 18.2 Å². The first-order valence-electron chi connectivity index (χ1n) is 8.13. The first-order valence-corrected chi connectivity index (χ1v) is 8.13. The normalized spacial score (nSPS) is 18.8. The predicted octanol–water partition coefficient (Wildman–Crippen LogP) is 1.36. The lowest BCUT2D eigenvalue weighted by molar-refractivity contribution is -0.0406. The Morgan fingerprint density at radius 1 is 1.17 bits per heavy atom. The lowest BCUT2D eigenvalue weighted by Gasteiger charge is -2.32. The first kappa shape index (κ1) is 15.0. The van der Waals surface area contributed by atoms with Gasteiger partial charge in [0.1, 0.15) is 12.7 Å². The van der Waals surface area contributed by atoms with E-state index >= 15 is 0 Å². The van der Waals surface area contributed by atoms with Gasteiger partial charge in [0.25, 0.3) is 0 Å². The SMILES string of the molecule is c1ccc(-n2ccc(CN3CCOC(Cn4cncn4)C3)n2)cc1. The fourth-order valence-corrected chi connectivity index (χ4v) is 2.97. The number of rotatable bonds is 5. The highest BCUT2D eigenvalue weighted by Gasteiger charge is 2.21. The molecular weight excluding hydrogens is 304 g/mol. The van der Waals surface area contributed by atoms with Crippen LogP contribution in [-0.2, 0) is 17.8 Å². The molecule has 7 heteroatoms. The molecule has 24 heavy (non-hydrogen) atoms. The van der Waals surface area contributed by atoms with Crippen LogP contribution in [0.15, 0.2) is 55.2 Å². The highest BCUT2D eigenvalue weighted by atomic mass is 16.5. The summed E-state index contributed by atoms with van der Waals surface area (Å²) in [7, 11) is 0. The van der Waals surface area contributed by atoms with Crippen molar-refractivity contribution in [2.45, 2.75) is 19.2 Å². The Bertz CT molecular complexity index is 755. The van der Waals surface area contributed by atoms with E-state index in [-0.39, 0.29) is 6.10 Å². The number of nitrogens with zero attached hydrogens (tertiary/aromatic N) is 6. The van der Waals surface area contributed by atoms with Gasteiger partial charge in [0.15, 0.2) is 0 Å². The molecule has 0 N–H and O–H groups in total. The Kier molecular flexibility index (Phi) is 4.35. The molecule has 1 atom stereocenters. The Hall–Kier alpha value is -2.51. The molecular formula is C17H20N6O. The molecule has 3 aromatic rings. The van der Waals surface area contributed by atoms with Crippen molar-refractivity contribution in [3.05, 3.63) is 60.9 Å². The van der Waals surface area contributed by atoms with Gasteiger partial charge in [-0.3, -0.25) is 9.58 Å². The summed E-state index contributed by atoms with van der Waals surface area (Å²) in [5.41, 5.74) is 2.15. The van der Waals surface area contributed by atoms with E-state index < -0.39 is 0 Å². The fraction of sp³-hybridized carbons (Fsp3) is 0.353. The molecule has 1 aromatic carbocycles. The second-order valence-corrected chi connectivity index (χ2v) is 5.93. The van der Waals surface area contributed by atoms with Gasteiger partial charge in [0.05, 0.1) is 30.6 Å². The van der Waals surface area contributed by atoms with E-state index in [4.69, 9.17) is 4.74 Å². The Morgan fingerprint density at radius 2 is 2.08 bits per heavy atom. The summed E-state index contributed by atoms with van der Waals surface area (Å²) in [4.78, 5) is 6.35. The maximum atomic E-state index is 5.84. The van der Waals surface area contributed by atoms with Crippen molar-refractivity contribution >= 4 is 0 Å². The minimum absolute atomic E-state index is 0.136. The molecule has 124 valence electrons. The number of benzene rings is 1. The molecule has 2 aromatic heterocycles. The van der Waals surface area contributed by atoms with Gasteiger partial charge in [-0.25, -0.2) is 9.67 Å². The Morgan fingerprint density at radius 3 is 2.92 bits per heavy atom. The highest BCUT2D eigenvalue weighted by Crippen LogP contribution is 2.12. The van der Waals surface area contributed by atoms with Gasteiger partial charge >= 0.3 is 0 Å². The van der Waals surface area contributed by atoms with Crippen LogP contribution in [0.5, 0.6) is 0 Å². The summed E-state index contributed by atoms with van der Waals surface area (Å²) in [5.74, 6) is 0. The van der Waals surface area contributed by atoms with Crippen LogP contribution in [0.3, 0.4) is 0 Å². The van der Waals surface area contributed by atoms with Crippen molar-refractivity contribution in [3.63, 3.8) is 0 Å². The molecule has 1 unspecified atom stereocenters. The topological polar surface area (TPSA) is 61.0 Å². The van der Waals surface area contributed by atoms with E-state index in [1.807, 2.05) is 33.8 Å². The minimum Gasteiger partial charge on any atom is -0.374 e. The van der Waals surface area contributed by atoms with E-state index in [1.165, 1.54) is 0 Å². The standard InChI is InChI=1S/C17H20N6O/c1-2-4-16(5-3-1)23-7-6-15(20-23)10-21-8-9-24-17(11-21)12-22-14-18-13-19-22/h1-7,13-14,17H,8-12H2. The van der Waals surface area contributed by atoms with Crippen molar-refractivity contribution in [2.24, 2.45) is 0 Å². The van der Waals surface area contributed by atoms with Crippen LogP contribution in [0.25, 0.3) is 5.69 Å². The quantitative estimate of drug-likeness (QED) is 0.709. The van der Waals surface area contributed by atoms with Gasteiger partial charge in [-0.05, 0) is 18.2 Å². The number of ether oxygens (including phenoxy) is 1. The van der Waals surface area contributed by atoms with Crippen LogP contribution in [0.2, 0.25) is 0 Å². The lowest BCUT2D eigenvalue weighted by Crippen LogP contribution is -2.43. The number of aromatic nitrogens is 5. The van der Waals surface area contributed by atoms with E-state index in [9.17, 15) is 0 Å². The molecule has 0 saturated carbocycles. The van der Waals surface area contributed by atoms with Crippen LogP contribution in [-0.4, -0.2) is 55.2 Å². The molecule has 1 fully saturated rings. The number of para-hydroxylation sites is 1. The highest BCUT2D eigenvalue weighted by molar-refractivity contribution is 5.30. The third-order valence-corrected chi connectivity index (χ3v) is 4.13. The van der Waals surface area contributed by atoms with Crippen molar-refractivity contribution in [3.8, 4) is 5.69 Å². The fourth-order valence-electron chi connectivity index (χ4n) is 2.97. The first-order chi connectivity index (χ1) is 11.9. The van der Waals surface area contributed by atoms with Crippen molar-refractivity contribution in [1.29, 1.82) is 0 Å². The summed E-state index contributed by atoms with van der Waals surface area (Å²) in [6, 6.07) is 12.2. The van der Waals surface area contributed by atoms with E-state index in [2.05, 4.69) is 38.3 Å². The van der Waals surface area contributed by atoms with Crippen LogP contribution in [0, 0.1) is 0 Å². The maximum absolute atomic E-state index is 5.84. The zero-order chi connectivity index (χ0) is 16.2. The second kappa shape index (κ2) is 6.94. The van der Waals surface area contributed by atoms with Crippen LogP contribution >= 0.6 is 0 Å². The van der Waals surface area contributed by atoms with Gasteiger partial charge in [-0.2, -0.15) is 10.2 Å². The molecule has 1 aliphatic rings. The average Bonchev–Trinajstić information content (AvgIpc) is 3.28. The largest absolute Gasteiger partial charge is 0.374 e. The summed E-state index contributed by atoms with van der Waals surface area (Å²) < 4.78 is 9.57. The molecule has 7 nitrogen and oxygen atoms in total. The molecule has 0 radical (unpaired) electrons. The molecule has 1 saturated heterocycles. The zero-order valence-electron chi connectivity index (χ0n) is 13.4. The molecule has 4 rings (SSSR count). The Balaban J connectivity index is 1.37. The summed E-state index contributed by atoms with van der Waals surface area (Å²) in [6.07, 6.45) is 5.43. The average molecular weight is 324 g/mol. The maximum Gasteiger partial charge on any atom is 0.137 e. The number of hydrogen-bond acceptors (Lipinski definition) is 5. The van der Waals surface area contributed by atoms with Crippen molar-refractivity contribution < 1.29 is 4.74 Å². The van der Waals surface area contributed by atoms with E-state index in [0.717, 1.165) is 44.2 Å². The molecule has 1 aliphatic heterocycles. The molecule has 0 bridgehead atoms. The van der Waals surface area contributed by atoms with Crippen LogP contribution in [0.1, 0.15) is 5.69 Å². The third kappa shape index (κ3) is 3.52. The number of morpholine rings is 1. The smallest absolute Gasteiger partial charge is 0.137 e. The molecule has 0 amide bonds.